The maximum atomic E-state index is 12.0. The van der Waals surface area contributed by atoms with Gasteiger partial charge in [-0.1, -0.05) is 23.7 Å². The van der Waals surface area contributed by atoms with Crippen molar-refractivity contribution in [2.75, 3.05) is 11.9 Å². The van der Waals surface area contributed by atoms with Gasteiger partial charge < -0.3 is 5.32 Å². The minimum atomic E-state index is -4.32. The number of halogens is 4. The molecule has 3 nitrogen and oxygen atoms in total. The molecule has 2 aromatic rings. The number of para-hydroxylation sites is 1. The lowest BCUT2D eigenvalue weighted by molar-refractivity contribution is -0.115. The second-order valence-electron chi connectivity index (χ2n) is 3.32. The number of fused-ring (bicyclic) bond motifs is 1. The highest BCUT2D eigenvalue weighted by Gasteiger charge is 2.27. The van der Waals surface area contributed by atoms with Gasteiger partial charge in [-0.2, -0.15) is 13.2 Å². The van der Waals surface area contributed by atoms with E-state index in [0.717, 1.165) is 0 Å². The van der Waals surface area contributed by atoms with E-state index in [1.54, 1.807) is 24.3 Å². The number of hydrogen-bond donors (Lipinski definition) is 1. The summed E-state index contributed by atoms with van der Waals surface area (Å²) >= 11 is 5.84. The van der Waals surface area contributed by atoms with Gasteiger partial charge in [0, 0.05) is 5.39 Å². The van der Waals surface area contributed by atoms with Crippen LogP contribution in [0.15, 0.2) is 24.3 Å². The zero-order valence-electron chi connectivity index (χ0n) is 8.42. The normalized spacial score (nSPS) is 11.8. The number of aromatic nitrogens is 2. The molecule has 2 rings (SSSR count). The number of alkyl halides is 3. The molecule has 7 heteroatoms. The van der Waals surface area contributed by atoms with Gasteiger partial charge in [0.1, 0.15) is 11.7 Å². The van der Waals surface area contributed by atoms with Gasteiger partial charge in [0.2, 0.25) is 5.95 Å². The third kappa shape index (κ3) is 2.97. The van der Waals surface area contributed by atoms with Crippen LogP contribution in [0.5, 0.6) is 0 Å². The molecule has 0 amide bonds. The molecule has 90 valence electrons. The molecule has 17 heavy (non-hydrogen) atoms. The van der Waals surface area contributed by atoms with Crippen LogP contribution in [0.4, 0.5) is 19.1 Å². The fourth-order valence-corrected chi connectivity index (χ4v) is 1.54. The number of nitrogens with zero attached hydrogens (tertiary/aromatic N) is 2. The van der Waals surface area contributed by atoms with Gasteiger partial charge in [-0.15, -0.1) is 0 Å². The Kier molecular flexibility index (Phi) is 3.06. The Morgan fingerprint density at radius 2 is 1.88 bits per heavy atom. The van der Waals surface area contributed by atoms with Gasteiger partial charge in [-0.3, -0.25) is 0 Å². The van der Waals surface area contributed by atoms with Crippen molar-refractivity contribution in [2.24, 2.45) is 0 Å². The number of hydrogen-bond acceptors (Lipinski definition) is 3. The van der Waals surface area contributed by atoms with E-state index < -0.39 is 12.7 Å². The Balaban J connectivity index is 2.31. The summed E-state index contributed by atoms with van der Waals surface area (Å²) in [6.45, 7) is -1.19. The molecule has 0 atom stereocenters. The van der Waals surface area contributed by atoms with Crippen LogP contribution in [0.25, 0.3) is 10.9 Å². The molecule has 1 aromatic heterocycles. The van der Waals surface area contributed by atoms with E-state index >= 15 is 0 Å². The Bertz CT molecular complexity index is 542. The summed E-state index contributed by atoms with van der Waals surface area (Å²) in [5.74, 6) is -0.133. The first-order chi connectivity index (χ1) is 7.96. The topological polar surface area (TPSA) is 37.8 Å². The quantitative estimate of drug-likeness (QED) is 0.843. The number of rotatable bonds is 2. The largest absolute Gasteiger partial charge is 0.405 e. The van der Waals surface area contributed by atoms with Crippen molar-refractivity contribution in [3.8, 4) is 0 Å². The highest BCUT2D eigenvalue weighted by Crippen LogP contribution is 2.22. The highest BCUT2D eigenvalue weighted by molar-refractivity contribution is 6.34. The van der Waals surface area contributed by atoms with E-state index in [9.17, 15) is 13.2 Å². The fraction of sp³-hybridized carbons (Fsp3) is 0.200. The van der Waals surface area contributed by atoms with Crippen LogP contribution in [0, 0.1) is 0 Å². The standard InChI is InChI=1S/C10H7ClF3N3/c11-8-6-3-1-2-4-7(6)16-9(17-8)15-5-10(12,13)14/h1-4H,5H2,(H,15,16,17). The molecule has 0 aliphatic heterocycles. The van der Waals surface area contributed by atoms with E-state index in [-0.39, 0.29) is 11.1 Å². The van der Waals surface area contributed by atoms with E-state index in [2.05, 4.69) is 15.3 Å². The lowest BCUT2D eigenvalue weighted by Gasteiger charge is -2.09. The average molecular weight is 262 g/mol. The van der Waals surface area contributed by atoms with E-state index in [0.29, 0.717) is 10.9 Å². The Morgan fingerprint density at radius 3 is 2.59 bits per heavy atom. The maximum Gasteiger partial charge on any atom is 0.405 e. The van der Waals surface area contributed by atoms with E-state index in [1.165, 1.54) is 0 Å². The third-order valence-electron chi connectivity index (χ3n) is 2.00. The van der Waals surface area contributed by atoms with Crippen LogP contribution in [0.3, 0.4) is 0 Å². The van der Waals surface area contributed by atoms with E-state index in [4.69, 9.17) is 11.6 Å². The summed E-state index contributed by atoms with van der Waals surface area (Å²) in [6, 6.07) is 6.83. The summed E-state index contributed by atoms with van der Waals surface area (Å²) in [4.78, 5) is 7.68. The van der Waals surface area contributed by atoms with Crippen molar-refractivity contribution in [2.45, 2.75) is 6.18 Å². The zero-order valence-corrected chi connectivity index (χ0v) is 9.18. The molecule has 0 spiro atoms. The Labute approximate surface area is 99.6 Å². The summed E-state index contributed by atoms with van der Waals surface area (Å²) in [7, 11) is 0. The SMILES string of the molecule is FC(F)(F)CNc1nc(Cl)c2ccccc2n1. The molecular formula is C10H7ClF3N3. The number of benzene rings is 1. The molecule has 0 saturated carbocycles. The average Bonchev–Trinajstić information content (AvgIpc) is 2.26. The van der Waals surface area contributed by atoms with Gasteiger partial charge in [-0.25, -0.2) is 9.97 Å². The molecule has 0 bridgehead atoms. The smallest absolute Gasteiger partial charge is 0.345 e. The summed E-state index contributed by atoms with van der Waals surface area (Å²) in [6.07, 6.45) is -4.32. The molecule has 0 unspecified atom stereocenters. The molecule has 1 aromatic carbocycles. The van der Waals surface area contributed by atoms with Gasteiger partial charge >= 0.3 is 6.18 Å². The summed E-state index contributed by atoms with van der Waals surface area (Å²) in [5, 5.41) is 2.81. The van der Waals surface area contributed by atoms with Crippen LogP contribution >= 0.6 is 11.6 Å². The first-order valence-electron chi connectivity index (χ1n) is 4.68. The minimum Gasteiger partial charge on any atom is -0.345 e. The molecule has 1 N–H and O–H groups in total. The summed E-state index contributed by atoms with van der Waals surface area (Å²) in [5.41, 5.74) is 0.497. The fourth-order valence-electron chi connectivity index (χ4n) is 1.30. The monoisotopic (exact) mass is 261 g/mol. The molecule has 0 radical (unpaired) electrons. The van der Waals surface area contributed by atoms with Gasteiger partial charge in [-0.05, 0) is 12.1 Å². The number of nitrogens with one attached hydrogen (secondary N) is 1. The van der Waals surface area contributed by atoms with Gasteiger partial charge in [0.05, 0.1) is 5.52 Å². The minimum absolute atomic E-state index is 0.125. The summed E-state index contributed by atoms with van der Waals surface area (Å²) < 4.78 is 36.0. The second-order valence-corrected chi connectivity index (χ2v) is 3.68. The lowest BCUT2D eigenvalue weighted by Crippen LogP contribution is -2.22. The van der Waals surface area contributed by atoms with Gasteiger partial charge in [0.15, 0.2) is 0 Å². The third-order valence-corrected chi connectivity index (χ3v) is 2.29. The van der Waals surface area contributed by atoms with Crippen molar-refractivity contribution in [3.05, 3.63) is 29.4 Å². The van der Waals surface area contributed by atoms with Crippen molar-refractivity contribution in [3.63, 3.8) is 0 Å². The maximum absolute atomic E-state index is 12.0. The zero-order chi connectivity index (χ0) is 12.5. The van der Waals surface area contributed by atoms with Crippen molar-refractivity contribution in [1.29, 1.82) is 0 Å². The van der Waals surface area contributed by atoms with Crippen LogP contribution in [0.2, 0.25) is 5.15 Å². The van der Waals surface area contributed by atoms with Crippen molar-refractivity contribution < 1.29 is 13.2 Å². The molecule has 1 heterocycles. The first-order valence-corrected chi connectivity index (χ1v) is 5.06. The molecule has 0 aliphatic carbocycles. The molecule has 0 saturated heterocycles. The Hall–Kier alpha value is -1.56. The Morgan fingerprint density at radius 1 is 1.18 bits per heavy atom. The van der Waals surface area contributed by atoms with Crippen molar-refractivity contribution in [1.82, 2.24) is 9.97 Å². The highest BCUT2D eigenvalue weighted by atomic mass is 35.5. The predicted octanol–water partition coefficient (Wildman–Crippen LogP) is 3.26. The second kappa shape index (κ2) is 4.37. The van der Waals surface area contributed by atoms with Crippen molar-refractivity contribution >= 4 is 28.5 Å². The lowest BCUT2D eigenvalue weighted by atomic mass is 10.2. The number of anilines is 1. The molecular weight excluding hydrogens is 255 g/mol. The first kappa shape index (κ1) is 11.9. The van der Waals surface area contributed by atoms with Crippen LogP contribution < -0.4 is 5.32 Å². The van der Waals surface area contributed by atoms with Crippen LogP contribution in [0.1, 0.15) is 0 Å². The van der Waals surface area contributed by atoms with Gasteiger partial charge in [0.25, 0.3) is 0 Å². The molecule has 0 fully saturated rings. The predicted molar refractivity (Wildman–Crippen MR) is 59.1 cm³/mol. The molecule has 0 aliphatic rings. The van der Waals surface area contributed by atoms with Crippen LogP contribution in [-0.2, 0) is 0 Å². The van der Waals surface area contributed by atoms with Crippen LogP contribution in [-0.4, -0.2) is 22.7 Å². The van der Waals surface area contributed by atoms with E-state index in [1.807, 2.05) is 0 Å².